The van der Waals surface area contributed by atoms with Crippen LogP contribution in [-0.4, -0.2) is 41.5 Å². The Morgan fingerprint density at radius 2 is 2.08 bits per heavy atom. The molecule has 0 radical (unpaired) electrons. The summed E-state index contributed by atoms with van der Waals surface area (Å²) in [7, 11) is 0. The predicted molar refractivity (Wildman–Crippen MR) is 106 cm³/mol. The molecule has 1 aromatic carbocycles. The van der Waals surface area contributed by atoms with Gasteiger partial charge in [0.1, 0.15) is 16.5 Å². The summed E-state index contributed by atoms with van der Waals surface area (Å²) in [5, 5.41) is 2.73. The van der Waals surface area contributed by atoms with Crippen LogP contribution < -0.4 is 10.5 Å². The number of hydrogen-bond donors (Lipinski definition) is 1. The Bertz CT molecular complexity index is 764. The molecule has 2 N–H and O–H groups in total. The van der Waals surface area contributed by atoms with Crippen molar-refractivity contribution in [2.75, 3.05) is 19.7 Å². The number of hydrogen-bond acceptors (Lipinski definition) is 5. The molecule has 1 aromatic heterocycles. The summed E-state index contributed by atoms with van der Waals surface area (Å²) < 4.78 is 5.46. The summed E-state index contributed by atoms with van der Waals surface area (Å²) in [6.45, 7) is 4.22. The minimum Gasteiger partial charge on any atom is -0.494 e. The van der Waals surface area contributed by atoms with Crippen molar-refractivity contribution >= 4 is 29.7 Å². The third-order valence-electron chi connectivity index (χ3n) is 5.34. The Hall–Kier alpha value is -1.63. The van der Waals surface area contributed by atoms with Gasteiger partial charge in [0.2, 0.25) is 0 Å². The van der Waals surface area contributed by atoms with E-state index in [9.17, 15) is 4.79 Å². The number of fused-ring (bicyclic) bond motifs is 1. The fourth-order valence-corrected chi connectivity index (χ4v) is 4.80. The van der Waals surface area contributed by atoms with E-state index in [0.29, 0.717) is 24.1 Å². The highest BCUT2D eigenvalue weighted by Gasteiger charge is 2.42. The molecule has 0 bridgehead atoms. The van der Waals surface area contributed by atoms with Gasteiger partial charge >= 0.3 is 0 Å². The standard InChI is InChI=1S/C19H23N3O2S.ClH/c1-2-24-14-6-3-12(4-7-14)18-21-17(11-25-18)19(23)22-9-13-5-8-16(20)15(13)10-22;/h3-4,6-7,11,13,15-16H,2,5,8-10,20H2,1H3;1H. The van der Waals surface area contributed by atoms with Gasteiger partial charge in [-0.2, -0.15) is 0 Å². The normalized spacial score (nSPS) is 24.2. The molecular formula is C19H24ClN3O2S. The Kier molecular flexibility index (Phi) is 5.85. The van der Waals surface area contributed by atoms with E-state index in [1.807, 2.05) is 41.5 Å². The van der Waals surface area contributed by atoms with Crippen molar-refractivity contribution in [2.45, 2.75) is 25.8 Å². The van der Waals surface area contributed by atoms with Crippen LogP contribution in [0.2, 0.25) is 0 Å². The van der Waals surface area contributed by atoms with E-state index < -0.39 is 0 Å². The molecule has 5 nitrogen and oxygen atoms in total. The molecule has 2 fully saturated rings. The zero-order valence-corrected chi connectivity index (χ0v) is 16.4. The van der Waals surface area contributed by atoms with Crippen molar-refractivity contribution < 1.29 is 9.53 Å². The van der Waals surface area contributed by atoms with Crippen LogP contribution in [-0.2, 0) is 0 Å². The number of thiazole rings is 1. The quantitative estimate of drug-likeness (QED) is 0.863. The lowest BCUT2D eigenvalue weighted by atomic mass is 9.98. The van der Waals surface area contributed by atoms with E-state index in [-0.39, 0.29) is 24.4 Å². The predicted octanol–water partition coefficient (Wildman–Crippen LogP) is 3.44. The molecule has 2 heterocycles. The van der Waals surface area contributed by atoms with E-state index in [4.69, 9.17) is 10.5 Å². The molecular weight excluding hydrogens is 370 g/mol. The number of amides is 1. The number of nitrogens with zero attached hydrogens (tertiary/aromatic N) is 2. The summed E-state index contributed by atoms with van der Waals surface area (Å²) in [6, 6.07) is 8.09. The summed E-state index contributed by atoms with van der Waals surface area (Å²) in [6.07, 6.45) is 2.24. The largest absolute Gasteiger partial charge is 0.494 e. The van der Waals surface area contributed by atoms with Gasteiger partial charge in [-0.05, 0) is 55.9 Å². The van der Waals surface area contributed by atoms with Crippen LogP contribution >= 0.6 is 23.7 Å². The molecule has 1 aliphatic carbocycles. The zero-order chi connectivity index (χ0) is 17.4. The Morgan fingerprint density at radius 3 is 2.77 bits per heavy atom. The molecule has 3 atom stereocenters. The van der Waals surface area contributed by atoms with Gasteiger partial charge in [0, 0.05) is 30.1 Å². The van der Waals surface area contributed by atoms with Crippen LogP contribution in [0, 0.1) is 11.8 Å². The molecule has 2 aliphatic rings. The number of carbonyl (C=O) groups is 1. The van der Waals surface area contributed by atoms with E-state index in [1.54, 1.807) is 0 Å². The van der Waals surface area contributed by atoms with Crippen molar-refractivity contribution in [1.29, 1.82) is 0 Å². The second-order valence-electron chi connectivity index (χ2n) is 6.87. The topological polar surface area (TPSA) is 68.5 Å². The van der Waals surface area contributed by atoms with Gasteiger partial charge in [0.05, 0.1) is 6.61 Å². The van der Waals surface area contributed by atoms with Crippen LogP contribution in [0.4, 0.5) is 0 Å². The fraction of sp³-hybridized carbons (Fsp3) is 0.474. The van der Waals surface area contributed by atoms with Crippen LogP contribution in [0.5, 0.6) is 5.75 Å². The van der Waals surface area contributed by atoms with E-state index >= 15 is 0 Å². The van der Waals surface area contributed by atoms with Gasteiger partial charge < -0.3 is 15.4 Å². The SMILES string of the molecule is CCOc1ccc(-c2nc(C(=O)N3CC4CCC(N)C4C3)cs2)cc1.Cl. The van der Waals surface area contributed by atoms with E-state index in [0.717, 1.165) is 42.3 Å². The lowest BCUT2D eigenvalue weighted by Crippen LogP contribution is -2.33. The molecule has 26 heavy (non-hydrogen) atoms. The third kappa shape index (κ3) is 3.59. The molecule has 1 saturated carbocycles. The highest BCUT2D eigenvalue weighted by molar-refractivity contribution is 7.13. The molecule has 4 rings (SSSR count). The second kappa shape index (κ2) is 7.94. The number of rotatable bonds is 4. The smallest absolute Gasteiger partial charge is 0.273 e. The molecule has 2 aromatic rings. The maximum Gasteiger partial charge on any atom is 0.273 e. The second-order valence-corrected chi connectivity index (χ2v) is 7.73. The summed E-state index contributed by atoms with van der Waals surface area (Å²) in [5.74, 6) is 1.92. The molecule has 7 heteroatoms. The molecule has 0 spiro atoms. The van der Waals surface area contributed by atoms with E-state index in [2.05, 4.69) is 4.98 Å². The van der Waals surface area contributed by atoms with Crippen molar-refractivity contribution in [3.63, 3.8) is 0 Å². The first-order valence-corrected chi connectivity index (χ1v) is 9.77. The summed E-state index contributed by atoms with van der Waals surface area (Å²) in [5.41, 5.74) is 7.72. The molecule has 1 saturated heterocycles. The minimum atomic E-state index is 0. The van der Waals surface area contributed by atoms with Crippen molar-refractivity contribution in [3.8, 4) is 16.3 Å². The Morgan fingerprint density at radius 1 is 1.31 bits per heavy atom. The van der Waals surface area contributed by atoms with Crippen molar-refractivity contribution in [2.24, 2.45) is 17.6 Å². The first-order chi connectivity index (χ1) is 12.2. The number of halogens is 1. The summed E-state index contributed by atoms with van der Waals surface area (Å²) >= 11 is 1.51. The van der Waals surface area contributed by atoms with Crippen LogP contribution in [0.25, 0.3) is 10.6 Å². The van der Waals surface area contributed by atoms with Gasteiger partial charge in [-0.1, -0.05) is 0 Å². The number of nitrogens with two attached hydrogens (primary N) is 1. The number of benzene rings is 1. The maximum absolute atomic E-state index is 12.8. The first-order valence-electron chi connectivity index (χ1n) is 8.89. The van der Waals surface area contributed by atoms with Gasteiger partial charge in [-0.3, -0.25) is 4.79 Å². The number of aromatic nitrogens is 1. The molecule has 1 amide bonds. The van der Waals surface area contributed by atoms with Crippen molar-refractivity contribution in [1.82, 2.24) is 9.88 Å². The lowest BCUT2D eigenvalue weighted by Gasteiger charge is -2.17. The molecule has 140 valence electrons. The van der Waals surface area contributed by atoms with Crippen molar-refractivity contribution in [3.05, 3.63) is 35.3 Å². The average molecular weight is 394 g/mol. The molecule has 1 aliphatic heterocycles. The van der Waals surface area contributed by atoms with Gasteiger partial charge in [0.15, 0.2) is 0 Å². The first kappa shape index (κ1) is 19.1. The number of carbonyl (C=O) groups excluding carboxylic acids is 1. The Balaban J connectivity index is 0.00000196. The Labute approximate surface area is 164 Å². The third-order valence-corrected chi connectivity index (χ3v) is 6.23. The average Bonchev–Trinajstić information content (AvgIpc) is 3.33. The maximum atomic E-state index is 12.8. The zero-order valence-electron chi connectivity index (χ0n) is 14.8. The number of ether oxygens (including phenoxy) is 1. The van der Waals surface area contributed by atoms with Gasteiger partial charge in [-0.15, -0.1) is 23.7 Å². The van der Waals surface area contributed by atoms with Crippen LogP contribution in [0.1, 0.15) is 30.3 Å². The van der Waals surface area contributed by atoms with Gasteiger partial charge in [-0.25, -0.2) is 4.98 Å². The van der Waals surface area contributed by atoms with Crippen LogP contribution in [0.3, 0.4) is 0 Å². The monoisotopic (exact) mass is 393 g/mol. The van der Waals surface area contributed by atoms with E-state index in [1.165, 1.54) is 11.3 Å². The fourth-order valence-electron chi connectivity index (χ4n) is 4.00. The highest BCUT2D eigenvalue weighted by atomic mass is 35.5. The summed E-state index contributed by atoms with van der Waals surface area (Å²) in [4.78, 5) is 19.3. The van der Waals surface area contributed by atoms with Crippen LogP contribution in [0.15, 0.2) is 29.6 Å². The molecule has 3 unspecified atom stereocenters. The number of likely N-dealkylation sites (tertiary alicyclic amines) is 1. The minimum absolute atomic E-state index is 0. The highest BCUT2D eigenvalue weighted by Crippen LogP contribution is 2.37. The lowest BCUT2D eigenvalue weighted by molar-refractivity contribution is 0.0774. The van der Waals surface area contributed by atoms with Gasteiger partial charge in [0.25, 0.3) is 5.91 Å².